The second-order valence-electron chi connectivity index (χ2n) is 7.28. The van der Waals surface area contributed by atoms with E-state index in [0.717, 1.165) is 58.1 Å². The topological polar surface area (TPSA) is 51.7 Å². The second-order valence-corrected chi connectivity index (χ2v) is 8.00. The number of carbonyl (C=O) groups is 1. The molecule has 0 unspecified atom stereocenters. The molecule has 0 bridgehead atoms. The lowest BCUT2D eigenvalue weighted by Crippen LogP contribution is -2.43. The first-order valence-electron chi connectivity index (χ1n) is 8.61. The Kier molecular flexibility index (Phi) is 4.39. The van der Waals surface area contributed by atoms with E-state index in [2.05, 4.69) is 4.98 Å². The number of hydrogen-bond acceptors (Lipinski definition) is 5. The van der Waals surface area contributed by atoms with Gasteiger partial charge in [-0.1, -0.05) is 0 Å². The smallest absolute Gasteiger partial charge is 0.273 e. The molecular formula is C17H24N2O3S. The first kappa shape index (κ1) is 15.5. The lowest BCUT2D eigenvalue weighted by atomic mass is 9.76. The number of piperidine rings is 1. The molecule has 2 aliphatic heterocycles. The van der Waals surface area contributed by atoms with E-state index in [-0.39, 0.29) is 17.4 Å². The number of hydrogen-bond donors (Lipinski definition) is 0. The Bertz CT molecular complexity index is 536. The average molecular weight is 336 g/mol. The fourth-order valence-corrected chi connectivity index (χ4v) is 4.19. The SMILES string of the molecule is O=C(c1cscn1)N1CCC2(CC1)CO[C@H](COCC1CC1)C2. The Morgan fingerprint density at radius 2 is 2.22 bits per heavy atom. The number of amides is 1. The molecule has 3 fully saturated rings. The van der Waals surface area contributed by atoms with Gasteiger partial charge in [-0.2, -0.15) is 0 Å². The van der Waals surface area contributed by atoms with Gasteiger partial charge in [0.25, 0.3) is 5.91 Å². The standard InChI is InChI=1S/C17H24N2O3S/c20-16(15-10-23-12-18-15)19-5-3-17(4-6-19)7-14(22-11-17)9-21-8-13-1-2-13/h10,12-14H,1-9,11H2/t14-/m0/s1. The largest absolute Gasteiger partial charge is 0.378 e. The first-order valence-corrected chi connectivity index (χ1v) is 9.55. The van der Waals surface area contributed by atoms with Crippen molar-refractivity contribution in [3.63, 3.8) is 0 Å². The van der Waals surface area contributed by atoms with Gasteiger partial charge in [0.15, 0.2) is 0 Å². The van der Waals surface area contributed by atoms with E-state index in [1.54, 1.807) is 5.51 Å². The molecule has 0 aromatic carbocycles. The monoisotopic (exact) mass is 336 g/mol. The van der Waals surface area contributed by atoms with Gasteiger partial charge in [0.05, 0.1) is 24.8 Å². The summed E-state index contributed by atoms with van der Waals surface area (Å²) in [4.78, 5) is 18.4. The highest BCUT2D eigenvalue weighted by Crippen LogP contribution is 2.42. The molecule has 1 amide bonds. The third-order valence-corrected chi connectivity index (χ3v) is 5.99. The Labute approximate surface area is 141 Å². The summed E-state index contributed by atoms with van der Waals surface area (Å²) in [7, 11) is 0. The fraction of sp³-hybridized carbons (Fsp3) is 0.765. The summed E-state index contributed by atoms with van der Waals surface area (Å²) in [6.45, 7) is 4.09. The molecule has 23 heavy (non-hydrogen) atoms. The Hall–Kier alpha value is -0.980. The predicted molar refractivity (Wildman–Crippen MR) is 87.6 cm³/mol. The van der Waals surface area contributed by atoms with Crippen LogP contribution in [0.5, 0.6) is 0 Å². The van der Waals surface area contributed by atoms with Gasteiger partial charge < -0.3 is 14.4 Å². The van der Waals surface area contributed by atoms with Crippen molar-refractivity contribution < 1.29 is 14.3 Å². The van der Waals surface area contributed by atoms with Crippen LogP contribution in [-0.2, 0) is 9.47 Å². The zero-order valence-electron chi connectivity index (χ0n) is 13.4. The number of ether oxygens (including phenoxy) is 2. The lowest BCUT2D eigenvalue weighted by Gasteiger charge is -2.38. The van der Waals surface area contributed by atoms with Crippen molar-refractivity contribution in [2.45, 2.75) is 38.2 Å². The van der Waals surface area contributed by atoms with Crippen LogP contribution in [0.3, 0.4) is 0 Å². The third kappa shape index (κ3) is 3.59. The molecule has 1 saturated carbocycles. The van der Waals surface area contributed by atoms with E-state index >= 15 is 0 Å². The van der Waals surface area contributed by atoms with E-state index in [4.69, 9.17) is 9.47 Å². The first-order chi connectivity index (χ1) is 11.2. The van der Waals surface area contributed by atoms with Crippen LogP contribution in [0.25, 0.3) is 0 Å². The number of likely N-dealkylation sites (tertiary alicyclic amines) is 1. The summed E-state index contributed by atoms with van der Waals surface area (Å²) >= 11 is 1.47. The maximum absolute atomic E-state index is 12.4. The van der Waals surface area contributed by atoms with Crippen molar-refractivity contribution in [2.24, 2.45) is 11.3 Å². The lowest BCUT2D eigenvalue weighted by molar-refractivity contribution is 0.00937. The second kappa shape index (κ2) is 6.49. The minimum absolute atomic E-state index is 0.0735. The summed E-state index contributed by atoms with van der Waals surface area (Å²) < 4.78 is 11.8. The zero-order chi connectivity index (χ0) is 15.7. The van der Waals surface area contributed by atoms with E-state index in [9.17, 15) is 4.79 Å². The highest BCUT2D eigenvalue weighted by molar-refractivity contribution is 7.07. The highest BCUT2D eigenvalue weighted by Gasteiger charge is 2.43. The highest BCUT2D eigenvalue weighted by atomic mass is 32.1. The molecule has 0 N–H and O–H groups in total. The summed E-state index contributed by atoms with van der Waals surface area (Å²) in [5, 5.41) is 1.83. The third-order valence-electron chi connectivity index (χ3n) is 5.40. The van der Waals surface area contributed by atoms with Gasteiger partial charge in [-0.3, -0.25) is 4.79 Å². The number of carbonyl (C=O) groups excluding carboxylic acids is 1. The normalized spacial score (nSPS) is 26.8. The quantitative estimate of drug-likeness (QED) is 0.829. The van der Waals surface area contributed by atoms with Crippen LogP contribution in [0, 0.1) is 11.3 Å². The summed E-state index contributed by atoms with van der Waals surface area (Å²) in [5.74, 6) is 0.884. The Morgan fingerprint density at radius 1 is 1.39 bits per heavy atom. The molecule has 1 aromatic rings. The molecule has 6 heteroatoms. The molecule has 0 radical (unpaired) electrons. The predicted octanol–water partition coefficient (Wildman–Crippen LogP) is 2.58. The molecule has 4 rings (SSSR count). The van der Waals surface area contributed by atoms with Crippen LogP contribution in [0.2, 0.25) is 0 Å². The molecule has 1 atom stereocenters. The van der Waals surface area contributed by atoms with Gasteiger partial charge in [-0.25, -0.2) is 4.98 Å². The molecule has 1 spiro atoms. The molecular weight excluding hydrogens is 312 g/mol. The number of rotatable bonds is 5. The maximum atomic E-state index is 12.4. The van der Waals surface area contributed by atoms with Gasteiger partial charge in [-0.05, 0) is 43.4 Å². The van der Waals surface area contributed by atoms with Crippen molar-refractivity contribution in [1.29, 1.82) is 0 Å². The molecule has 1 aromatic heterocycles. The molecule has 5 nitrogen and oxygen atoms in total. The summed E-state index contributed by atoms with van der Waals surface area (Å²) in [5.41, 5.74) is 2.56. The fourth-order valence-electron chi connectivity index (χ4n) is 3.67. The van der Waals surface area contributed by atoms with E-state index in [0.29, 0.717) is 5.69 Å². The van der Waals surface area contributed by atoms with Crippen molar-refractivity contribution in [3.05, 3.63) is 16.6 Å². The number of nitrogens with zero attached hydrogens (tertiary/aromatic N) is 2. The average Bonchev–Trinajstić information content (AvgIpc) is 3.08. The molecule has 1 aliphatic carbocycles. The van der Waals surface area contributed by atoms with Gasteiger partial charge >= 0.3 is 0 Å². The molecule has 2 saturated heterocycles. The number of thiazole rings is 1. The molecule has 3 aliphatic rings. The molecule has 126 valence electrons. The maximum Gasteiger partial charge on any atom is 0.273 e. The van der Waals surface area contributed by atoms with Crippen LogP contribution >= 0.6 is 11.3 Å². The van der Waals surface area contributed by atoms with Crippen LogP contribution in [0.15, 0.2) is 10.9 Å². The van der Waals surface area contributed by atoms with Crippen molar-refractivity contribution in [3.8, 4) is 0 Å². The van der Waals surface area contributed by atoms with Gasteiger partial charge in [0, 0.05) is 25.1 Å². The van der Waals surface area contributed by atoms with E-state index in [1.165, 1.54) is 24.2 Å². The van der Waals surface area contributed by atoms with Gasteiger partial charge in [0.1, 0.15) is 5.69 Å². The summed E-state index contributed by atoms with van der Waals surface area (Å²) in [6, 6.07) is 0. The van der Waals surface area contributed by atoms with Crippen molar-refractivity contribution in [1.82, 2.24) is 9.88 Å². The van der Waals surface area contributed by atoms with E-state index < -0.39 is 0 Å². The van der Waals surface area contributed by atoms with Crippen molar-refractivity contribution in [2.75, 3.05) is 32.9 Å². The Morgan fingerprint density at radius 3 is 2.91 bits per heavy atom. The summed E-state index contributed by atoms with van der Waals surface area (Å²) in [6.07, 6.45) is 6.05. The van der Waals surface area contributed by atoms with E-state index in [1.807, 2.05) is 10.3 Å². The number of aromatic nitrogens is 1. The van der Waals surface area contributed by atoms with Gasteiger partial charge in [-0.15, -0.1) is 11.3 Å². The Balaban J connectivity index is 1.25. The minimum Gasteiger partial charge on any atom is -0.378 e. The van der Waals surface area contributed by atoms with Crippen LogP contribution in [-0.4, -0.2) is 54.8 Å². The minimum atomic E-state index is 0.0735. The van der Waals surface area contributed by atoms with Crippen molar-refractivity contribution >= 4 is 17.2 Å². The zero-order valence-corrected chi connectivity index (χ0v) is 14.2. The van der Waals surface area contributed by atoms with Crippen LogP contribution < -0.4 is 0 Å². The molecule has 3 heterocycles. The van der Waals surface area contributed by atoms with Gasteiger partial charge in [0.2, 0.25) is 0 Å². The van der Waals surface area contributed by atoms with Crippen LogP contribution in [0.4, 0.5) is 0 Å². The van der Waals surface area contributed by atoms with Crippen LogP contribution in [0.1, 0.15) is 42.6 Å².